The molecular formula is C18H25Cl2N3O. The number of hydrogen-bond acceptors (Lipinski definition) is 3. The molecule has 1 amide bonds. The maximum absolute atomic E-state index is 11.9. The average molecular weight is 370 g/mol. The van der Waals surface area contributed by atoms with Crippen LogP contribution in [0.1, 0.15) is 12.0 Å². The van der Waals surface area contributed by atoms with Gasteiger partial charge in [-0.1, -0.05) is 48.5 Å². The Bertz CT molecular complexity index is 567. The molecule has 1 atom stereocenters. The van der Waals surface area contributed by atoms with E-state index in [1.165, 1.54) is 0 Å². The number of rotatable bonds is 8. The van der Waals surface area contributed by atoms with E-state index in [2.05, 4.69) is 10.6 Å². The highest BCUT2D eigenvalue weighted by atomic mass is 35.5. The molecular weight excluding hydrogens is 345 g/mol. The minimum Gasteiger partial charge on any atom is -0.385 e. The molecule has 2 aromatic rings. The number of nitrogens with two attached hydrogens (primary N) is 1. The fourth-order valence-electron chi connectivity index (χ4n) is 2.18. The van der Waals surface area contributed by atoms with Crippen LogP contribution < -0.4 is 16.4 Å². The van der Waals surface area contributed by atoms with Crippen LogP contribution in [0.15, 0.2) is 60.7 Å². The third-order valence-electron chi connectivity index (χ3n) is 3.39. The van der Waals surface area contributed by atoms with E-state index in [1.54, 1.807) is 0 Å². The summed E-state index contributed by atoms with van der Waals surface area (Å²) < 4.78 is 0. The monoisotopic (exact) mass is 369 g/mol. The van der Waals surface area contributed by atoms with Crippen LogP contribution in [0.4, 0.5) is 5.69 Å². The predicted octanol–water partition coefficient (Wildman–Crippen LogP) is 3.02. The molecule has 0 radical (unpaired) electrons. The fourth-order valence-corrected chi connectivity index (χ4v) is 2.18. The van der Waals surface area contributed by atoms with Gasteiger partial charge in [0, 0.05) is 18.8 Å². The molecule has 2 rings (SSSR count). The summed E-state index contributed by atoms with van der Waals surface area (Å²) in [5, 5.41) is 6.19. The van der Waals surface area contributed by atoms with Crippen molar-refractivity contribution < 1.29 is 4.79 Å². The van der Waals surface area contributed by atoms with Gasteiger partial charge in [-0.3, -0.25) is 4.79 Å². The molecule has 6 heteroatoms. The zero-order chi connectivity index (χ0) is 15.6. The molecule has 0 bridgehead atoms. The highest BCUT2D eigenvalue weighted by Crippen LogP contribution is 2.04. The van der Waals surface area contributed by atoms with Crippen LogP contribution in [0.25, 0.3) is 0 Å². The van der Waals surface area contributed by atoms with Gasteiger partial charge in [-0.25, -0.2) is 0 Å². The molecule has 4 N–H and O–H groups in total. The van der Waals surface area contributed by atoms with Gasteiger partial charge < -0.3 is 16.4 Å². The molecule has 0 saturated heterocycles. The van der Waals surface area contributed by atoms with E-state index in [1.807, 2.05) is 60.7 Å². The zero-order valence-electron chi connectivity index (χ0n) is 13.5. The van der Waals surface area contributed by atoms with Crippen molar-refractivity contribution in [3.63, 3.8) is 0 Å². The smallest absolute Gasteiger partial charge is 0.237 e. The third-order valence-corrected chi connectivity index (χ3v) is 3.39. The summed E-state index contributed by atoms with van der Waals surface area (Å²) in [5.74, 6) is -0.0939. The number of hydrogen-bond donors (Lipinski definition) is 3. The second-order valence-electron chi connectivity index (χ2n) is 5.23. The molecule has 0 aromatic heterocycles. The van der Waals surface area contributed by atoms with E-state index in [0.717, 1.165) is 24.2 Å². The number of amides is 1. The number of anilines is 1. The van der Waals surface area contributed by atoms with E-state index in [4.69, 9.17) is 5.73 Å². The van der Waals surface area contributed by atoms with Crippen LogP contribution in [-0.4, -0.2) is 25.0 Å². The van der Waals surface area contributed by atoms with Crippen LogP contribution in [0, 0.1) is 0 Å². The van der Waals surface area contributed by atoms with Crippen molar-refractivity contribution >= 4 is 36.4 Å². The molecule has 0 heterocycles. The van der Waals surface area contributed by atoms with Crippen LogP contribution in [-0.2, 0) is 11.2 Å². The number of carbonyl (C=O) groups is 1. The lowest BCUT2D eigenvalue weighted by atomic mass is 10.1. The number of halogens is 2. The lowest BCUT2D eigenvalue weighted by molar-refractivity contribution is -0.122. The predicted molar refractivity (Wildman–Crippen MR) is 105 cm³/mol. The maximum Gasteiger partial charge on any atom is 0.237 e. The lowest BCUT2D eigenvalue weighted by Crippen LogP contribution is -2.42. The first-order valence-electron chi connectivity index (χ1n) is 7.62. The van der Waals surface area contributed by atoms with Crippen molar-refractivity contribution in [2.24, 2.45) is 5.73 Å². The molecule has 0 saturated carbocycles. The van der Waals surface area contributed by atoms with Crippen LogP contribution in [0.2, 0.25) is 0 Å². The van der Waals surface area contributed by atoms with Gasteiger partial charge in [0.15, 0.2) is 0 Å². The Hall–Kier alpha value is -1.75. The van der Waals surface area contributed by atoms with Gasteiger partial charge in [0.2, 0.25) is 5.91 Å². The number of benzene rings is 2. The van der Waals surface area contributed by atoms with E-state index < -0.39 is 6.04 Å². The van der Waals surface area contributed by atoms with E-state index in [-0.39, 0.29) is 30.7 Å². The Labute approximate surface area is 156 Å². The SMILES string of the molecule is Cl.Cl.NC(Cc1ccccc1)C(=O)NCCCNc1ccccc1. The molecule has 4 nitrogen and oxygen atoms in total. The Morgan fingerprint density at radius 2 is 1.50 bits per heavy atom. The highest BCUT2D eigenvalue weighted by molar-refractivity contribution is 5.85. The van der Waals surface area contributed by atoms with Gasteiger partial charge in [-0.2, -0.15) is 0 Å². The van der Waals surface area contributed by atoms with Crippen molar-refractivity contribution in [3.8, 4) is 0 Å². The molecule has 1 unspecified atom stereocenters. The highest BCUT2D eigenvalue weighted by Gasteiger charge is 2.12. The van der Waals surface area contributed by atoms with Gasteiger partial charge in [-0.15, -0.1) is 24.8 Å². The molecule has 0 aliphatic rings. The minimum absolute atomic E-state index is 0. The van der Waals surface area contributed by atoms with Crippen molar-refractivity contribution in [1.82, 2.24) is 5.32 Å². The van der Waals surface area contributed by atoms with Gasteiger partial charge in [0.05, 0.1) is 6.04 Å². The lowest BCUT2D eigenvalue weighted by Gasteiger charge is -2.12. The number of carbonyl (C=O) groups excluding carboxylic acids is 1. The first-order chi connectivity index (χ1) is 10.8. The standard InChI is InChI=1S/C18H23N3O.2ClH/c19-17(14-15-8-3-1-4-9-15)18(22)21-13-7-12-20-16-10-5-2-6-11-16;;/h1-6,8-11,17,20H,7,12-14,19H2,(H,21,22);2*1H. The summed E-state index contributed by atoms with van der Waals surface area (Å²) in [4.78, 5) is 11.9. The van der Waals surface area contributed by atoms with Crippen molar-refractivity contribution in [2.75, 3.05) is 18.4 Å². The summed E-state index contributed by atoms with van der Waals surface area (Å²) in [6, 6.07) is 19.3. The first-order valence-corrected chi connectivity index (χ1v) is 7.62. The van der Waals surface area contributed by atoms with Crippen LogP contribution >= 0.6 is 24.8 Å². The molecule has 24 heavy (non-hydrogen) atoms. The van der Waals surface area contributed by atoms with E-state index in [9.17, 15) is 4.79 Å². The molecule has 132 valence electrons. The molecule has 0 aliphatic heterocycles. The van der Waals surface area contributed by atoms with Crippen LogP contribution in [0.5, 0.6) is 0 Å². The van der Waals surface area contributed by atoms with E-state index in [0.29, 0.717) is 13.0 Å². The number of para-hydroxylation sites is 1. The maximum atomic E-state index is 11.9. The Morgan fingerprint density at radius 3 is 2.12 bits per heavy atom. The average Bonchev–Trinajstić information content (AvgIpc) is 2.56. The normalized spacial score (nSPS) is 10.7. The largest absolute Gasteiger partial charge is 0.385 e. The summed E-state index contributed by atoms with van der Waals surface area (Å²) in [5.41, 5.74) is 8.10. The van der Waals surface area contributed by atoms with Gasteiger partial charge in [0.25, 0.3) is 0 Å². The quantitative estimate of drug-likeness (QED) is 0.626. The van der Waals surface area contributed by atoms with Crippen molar-refractivity contribution in [3.05, 3.63) is 66.2 Å². The summed E-state index contributed by atoms with van der Waals surface area (Å²) in [7, 11) is 0. The Morgan fingerprint density at radius 1 is 0.917 bits per heavy atom. The van der Waals surface area contributed by atoms with Crippen LogP contribution in [0.3, 0.4) is 0 Å². The van der Waals surface area contributed by atoms with Gasteiger partial charge in [0.1, 0.15) is 0 Å². The van der Waals surface area contributed by atoms with Crippen molar-refractivity contribution in [1.29, 1.82) is 0 Å². The molecule has 0 aliphatic carbocycles. The summed E-state index contributed by atoms with van der Waals surface area (Å²) in [6.07, 6.45) is 1.42. The molecule has 2 aromatic carbocycles. The third kappa shape index (κ3) is 8.20. The second-order valence-corrected chi connectivity index (χ2v) is 5.23. The Kier molecular flexibility index (Phi) is 11.7. The number of nitrogens with one attached hydrogen (secondary N) is 2. The first kappa shape index (κ1) is 22.2. The zero-order valence-corrected chi connectivity index (χ0v) is 15.1. The summed E-state index contributed by atoms with van der Waals surface area (Å²) >= 11 is 0. The summed E-state index contributed by atoms with van der Waals surface area (Å²) in [6.45, 7) is 1.44. The molecule has 0 fully saturated rings. The van der Waals surface area contributed by atoms with Gasteiger partial charge >= 0.3 is 0 Å². The minimum atomic E-state index is -0.496. The van der Waals surface area contributed by atoms with E-state index >= 15 is 0 Å². The Balaban J connectivity index is 0.00000264. The second kappa shape index (κ2) is 12.6. The fraction of sp³-hybridized carbons (Fsp3) is 0.278. The topological polar surface area (TPSA) is 67.2 Å². The molecule has 0 spiro atoms. The van der Waals surface area contributed by atoms with Crippen molar-refractivity contribution in [2.45, 2.75) is 18.9 Å². The van der Waals surface area contributed by atoms with Gasteiger partial charge in [-0.05, 0) is 30.5 Å².